The highest BCUT2D eigenvalue weighted by Gasteiger charge is 2.28. The SMILES string of the molecule is C#CCNC(=O)c1ncn2c1Cc1cnn(Cc3ccc(OC)cc3)c1-c1cc(OC)ccc1-2. The first kappa shape index (κ1) is 21.3. The van der Waals surface area contributed by atoms with Crippen LogP contribution in [0.25, 0.3) is 16.9 Å². The number of hydrogen-bond acceptors (Lipinski definition) is 5. The number of terminal acetylenes is 1. The van der Waals surface area contributed by atoms with Gasteiger partial charge < -0.3 is 19.4 Å². The molecule has 8 nitrogen and oxygen atoms in total. The summed E-state index contributed by atoms with van der Waals surface area (Å²) < 4.78 is 14.7. The fourth-order valence-corrected chi connectivity index (χ4v) is 4.27. The molecule has 0 spiro atoms. The summed E-state index contributed by atoms with van der Waals surface area (Å²) in [6, 6.07) is 13.8. The van der Waals surface area contributed by atoms with E-state index in [1.165, 1.54) is 0 Å². The molecule has 0 radical (unpaired) electrons. The summed E-state index contributed by atoms with van der Waals surface area (Å²) >= 11 is 0. The number of ether oxygens (including phenoxy) is 2. The van der Waals surface area contributed by atoms with E-state index in [1.807, 2.05) is 57.9 Å². The molecule has 5 rings (SSSR count). The molecular formula is C26H23N5O3. The molecule has 2 aromatic heterocycles. The number of aromatic nitrogens is 4. The van der Waals surface area contributed by atoms with E-state index >= 15 is 0 Å². The highest BCUT2D eigenvalue weighted by atomic mass is 16.5. The number of imidazole rings is 1. The summed E-state index contributed by atoms with van der Waals surface area (Å²) in [6.07, 6.45) is 9.34. The molecule has 8 heteroatoms. The normalized spacial score (nSPS) is 11.4. The van der Waals surface area contributed by atoms with Crippen molar-refractivity contribution in [1.82, 2.24) is 24.6 Å². The van der Waals surface area contributed by atoms with E-state index in [4.69, 9.17) is 21.0 Å². The van der Waals surface area contributed by atoms with Gasteiger partial charge in [0.2, 0.25) is 0 Å². The van der Waals surface area contributed by atoms with Crippen LogP contribution in [0.5, 0.6) is 11.5 Å². The smallest absolute Gasteiger partial charge is 0.272 e. The Morgan fingerprint density at radius 2 is 1.91 bits per heavy atom. The molecule has 0 bridgehead atoms. The number of nitrogens with zero attached hydrogens (tertiary/aromatic N) is 4. The van der Waals surface area contributed by atoms with Crippen molar-refractivity contribution in [2.75, 3.05) is 20.8 Å². The molecule has 0 saturated carbocycles. The number of amides is 1. The van der Waals surface area contributed by atoms with E-state index in [0.29, 0.717) is 18.7 Å². The maximum atomic E-state index is 12.7. The first-order valence-corrected chi connectivity index (χ1v) is 10.8. The first-order chi connectivity index (χ1) is 16.6. The largest absolute Gasteiger partial charge is 0.497 e. The number of rotatable bonds is 6. The maximum Gasteiger partial charge on any atom is 0.272 e. The summed E-state index contributed by atoms with van der Waals surface area (Å²) in [7, 11) is 3.29. The Kier molecular flexibility index (Phi) is 5.52. The van der Waals surface area contributed by atoms with Crippen molar-refractivity contribution in [2.45, 2.75) is 13.0 Å². The van der Waals surface area contributed by atoms with Gasteiger partial charge in [-0.15, -0.1) is 6.42 Å². The standard InChI is InChI=1S/C26H23N5O3/c1-4-11-27-26(32)24-23-12-18-14-29-31(15-17-5-7-19(33-2)8-6-17)25(18)21-13-20(34-3)9-10-22(21)30(23)16-28-24/h1,5-10,13-14,16H,11-12,15H2,2-3H3,(H,27,32). The van der Waals surface area contributed by atoms with Gasteiger partial charge in [0.15, 0.2) is 0 Å². The van der Waals surface area contributed by atoms with E-state index in [2.05, 4.69) is 16.2 Å². The molecule has 1 aliphatic heterocycles. The Morgan fingerprint density at radius 3 is 2.65 bits per heavy atom. The quantitative estimate of drug-likeness (QED) is 0.400. The van der Waals surface area contributed by atoms with Gasteiger partial charge in [0, 0.05) is 17.5 Å². The van der Waals surface area contributed by atoms with Gasteiger partial charge in [-0.1, -0.05) is 18.1 Å². The lowest BCUT2D eigenvalue weighted by molar-refractivity contribution is 0.0953. The molecule has 0 atom stereocenters. The lowest BCUT2D eigenvalue weighted by atomic mass is 10.0. The molecule has 170 valence electrons. The topological polar surface area (TPSA) is 83.2 Å². The number of hydrogen-bond donors (Lipinski definition) is 1. The summed E-state index contributed by atoms with van der Waals surface area (Å²) in [5.74, 6) is 3.67. The van der Waals surface area contributed by atoms with Crippen LogP contribution in [0.1, 0.15) is 27.3 Å². The van der Waals surface area contributed by atoms with Crippen molar-refractivity contribution in [3.8, 4) is 40.8 Å². The van der Waals surface area contributed by atoms with E-state index in [-0.39, 0.29) is 12.5 Å². The van der Waals surface area contributed by atoms with Crippen LogP contribution in [0.4, 0.5) is 0 Å². The fraction of sp³-hybridized carbons (Fsp3) is 0.192. The zero-order valence-corrected chi connectivity index (χ0v) is 18.9. The zero-order chi connectivity index (χ0) is 23.7. The number of methoxy groups -OCH3 is 2. The van der Waals surface area contributed by atoms with Crippen molar-refractivity contribution in [3.05, 3.63) is 77.5 Å². The molecule has 3 heterocycles. The third-order valence-corrected chi connectivity index (χ3v) is 5.92. The molecule has 0 unspecified atom stereocenters. The van der Waals surface area contributed by atoms with Gasteiger partial charge in [-0.05, 0) is 35.9 Å². The van der Waals surface area contributed by atoms with Crippen molar-refractivity contribution in [3.63, 3.8) is 0 Å². The van der Waals surface area contributed by atoms with Crippen LogP contribution in [0.3, 0.4) is 0 Å². The number of carbonyl (C=O) groups is 1. The highest BCUT2D eigenvalue weighted by Crippen LogP contribution is 2.38. The molecule has 4 aromatic rings. The Balaban J connectivity index is 1.63. The summed E-state index contributed by atoms with van der Waals surface area (Å²) in [5.41, 5.74) is 6.05. The van der Waals surface area contributed by atoms with Crippen LogP contribution < -0.4 is 14.8 Å². The molecule has 1 aliphatic rings. The molecule has 34 heavy (non-hydrogen) atoms. The van der Waals surface area contributed by atoms with E-state index < -0.39 is 0 Å². The number of carbonyl (C=O) groups excluding carboxylic acids is 1. The molecule has 0 aliphatic carbocycles. The summed E-state index contributed by atoms with van der Waals surface area (Å²) in [4.78, 5) is 17.1. The highest BCUT2D eigenvalue weighted by molar-refractivity contribution is 5.94. The lowest BCUT2D eigenvalue weighted by Crippen LogP contribution is -2.25. The van der Waals surface area contributed by atoms with Gasteiger partial charge in [-0.3, -0.25) is 9.48 Å². The van der Waals surface area contributed by atoms with Crippen molar-refractivity contribution >= 4 is 5.91 Å². The van der Waals surface area contributed by atoms with Gasteiger partial charge >= 0.3 is 0 Å². The van der Waals surface area contributed by atoms with E-state index in [0.717, 1.165) is 45.3 Å². The predicted octanol–water partition coefficient (Wildman–Crippen LogP) is 3.07. The Labute approximate surface area is 197 Å². The molecule has 1 amide bonds. The first-order valence-electron chi connectivity index (χ1n) is 10.8. The number of nitrogens with one attached hydrogen (secondary N) is 1. The minimum Gasteiger partial charge on any atom is -0.497 e. The second-order valence-corrected chi connectivity index (χ2v) is 7.88. The summed E-state index contributed by atoms with van der Waals surface area (Å²) in [6.45, 7) is 0.725. The Morgan fingerprint density at radius 1 is 1.15 bits per heavy atom. The lowest BCUT2D eigenvalue weighted by Gasteiger charge is -2.14. The van der Waals surface area contributed by atoms with Crippen LogP contribution in [-0.2, 0) is 13.0 Å². The molecular weight excluding hydrogens is 430 g/mol. The van der Waals surface area contributed by atoms with Crippen LogP contribution in [-0.4, -0.2) is 46.0 Å². The third kappa shape index (κ3) is 3.67. The van der Waals surface area contributed by atoms with Crippen LogP contribution in [0.2, 0.25) is 0 Å². The molecule has 0 saturated heterocycles. The van der Waals surface area contributed by atoms with Crippen molar-refractivity contribution < 1.29 is 14.3 Å². The molecule has 1 N–H and O–H groups in total. The monoisotopic (exact) mass is 453 g/mol. The Hall–Kier alpha value is -4.51. The van der Waals surface area contributed by atoms with Crippen LogP contribution in [0, 0.1) is 12.3 Å². The predicted molar refractivity (Wildman–Crippen MR) is 127 cm³/mol. The van der Waals surface area contributed by atoms with Crippen molar-refractivity contribution in [1.29, 1.82) is 0 Å². The molecule has 0 fully saturated rings. The fourth-order valence-electron chi connectivity index (χ4n) is 4.27. The third-order valence-electron chi connectivity index (χ3n) is 5.92. The summed E-state index contributed by atoms with van der Waals surface area (Å²) in [5, 5.41) is 7.42. The maximum absolute atomic E-state index is 12.7. The van der Waals surface area contributed by atoms with Gasteiger partial charge in [-0.2, -0.15) is 5.10 Å². The minimum absolute atomic E-state index is 0.143. The van der Waals surface area contributed by atoms with Gasteiger partial charge in [-0.25, -0.2) is 4.98 Å². The zero-order valence-electron chi connectivity index (χ0n) is 18.9. The molecule has 2 aromatic carbocycles. The van der Waals surface area contributed by atoms with Gasteiger partial charge in [0.25, 0.3) is 5.91 Å². The average Bonchev–Trinajstić information content (AvgIpc) is 3.43. The number of fused-ring (bicyclic) bond motifs is 5. The average molecular weight is 454 g/mol. The minimum atomic E-state index is -0.296. The van der Waals surface area contributed by atoms with E-state index in [1.54, 1.807) is 20.5 Å². The van der Waals surface area contributed by atoms with Crippen LogP contribution in [0.15, 0.2) is 55.0 Å². The van der Waals surface area contributed by atoms with E-state index in [9.17, 15) is 4.79 Å². The Bertz CT molecular complexity index is 1410. The van der Waals surface area contributed by atoms with Gasteiger partial charge in [0.05, 0.1) is 50.6 Å². The number of benzene rings is 2. The second-order valence-electron chi connectivity index (χ2n) is 7.88. The van der Waals surface area contributed by atoms with Gasteiger partial charge in [0.1, 0.15) is 23.5 Å². The van der Waals surface area contributed by atoms with Crippen LogP contribution >= 0.6 is 0 Å². The van der Waals surface area contributed by atoms with Crippen molar-refractivity contribution in [2.24, 2.45) is 0 Å². The second kappa shape index (κ2) is 8.79.